The molecule has 102 valence electrons. The van der Waals surface area contributed by atoms with Crippen LogP contribution in [0, 0.1) is 17.0 Å². The molecule has 0 saturated carbocycles. The number of nitro benzene ring substituents is 1. The maximum absolute atomic E-state index is 11.0. The maximum atomic E-state index is 11.0. The molecule has 7 nitrogen and oxygen atoms in total. The lowest BCUT2D eigenvalue weighted by Gasteiger charge is -2.17. The van der Waals surface area contributed by atoms with Gasteiger partial charge in [0, 0.05) is 30.3 Å². The number of aryl methyl sites for hydroxylation is 1. The lowest BCUT2D eigenvalue weighted by Crippen LogP contribution is -2.23. The Morgan fingerprint density at radius 2 is 2.21 bits per heavy atom. The third-order valence-corrected chi connectivity index (χ3v) is 2.63. The van der Waals surface area contributed by atoms with Crippen molar-refractivity contribution in [3.05, 3.63) is 33.9 Å². The molecule has 0 aliphatic heterocycles. The lowest BCUT2D eigenvalue weighted by molar-refractivity contribution is -0.385. The molecular formula is C12H14N2O5. The van der Waals surface area contributed by atoms with Crippen LogP contribution >= 0.6 is 0 Å². The van der Waals surface area contributed by atoms with Crippen molar-refractivity contribution in [2.75, 3.05) is 11.4 Å². The zero-order valence-electron chi connectivity index (χ0n) is 10.4. The quantitative estimate of drug-likeness (QED) is 0.460. The van der Waals surface area contributed by atoms with Crippen LogP contribution in [0.15, 0.2) is 18.2 Å². The van der Waals surface area contributed by atoms with Crippen molar-refractivity contribution in [3.63, 3.8) is 0 Å². The van der Waals surface area contributed by atoms with Gasteiger partial charge in [-0.2, -0.15) is 0 Å². The van der Waals surface area contributed by atoms with Crippen LogP contribution in [-0.2, 0) is 9.59 Å². The van der Waals surface area contributed by atoms with Gasteiger partial charge in [-0.15, -0.1) is 0 Å². The van der Waals surface area contributed by atoms with E-state index in [0.29, 0.717) is 24.1 Å². The fourth-order valence-electron chi connectivity index (χ4n) is 1.67. The highest BCUT2D eigenvalue weighted by Gasteiger charge is 2.13. The SMILES string of the molecule is Cc1cc(N(C=O)CCCC(=O)O)ccc1[N+](=O)[O-]. The molecule has 1 amide bonds. The van der Waals surface area contributed by atoms with Crippen LogP contribution in [0.1, 0.15) is 18.4 Å². The number of aliphatic carboxylic acids is 1. The van der Waals surface area contributed by atoms with Crippen molar-refractivity contribution in [2.24, 2.45) is 0 Å². The summed E-state index contributed by atoms with van der Waals surface area (Å²) in [5.41, 5.74) is 0.955. The number of carbonyl (C=O) groups is 2. The number of nitro groups is 1. The third kappa shape index (κ3) is 4.06. The predicted octanol–water partition coefficient (Wildman–Crippen LogP) is 1.73. The first-order valence-corrected chi connectivity index (χ1v) is 5.64. The Morgan fingerprint density at radius 3 is 2.68 bits per heavy atom. The average molecular weight is 266 g/mol. The second kappa shape index (κ2) is 6.48. The van der Waals surface area contributed by atoms with Crippen molar-refractivity contribution in [1.29, 1.82) is 0 Å². The van der Waals surface area contributed by atoms with Gasteiger partial charge in [-0.3, -0.25) is 19.7 Å². The van der Waals surface area contributed by atoms with Crippen molar-refractivity contribution >= 4 is 23.8 Å². The Morgan fingerprint density at radius 1 is 1.53 bits per heavy atom. The van der Waals surface area contributed by atoms with Gasteiger partial charge in [0.15, 0.2) is 0 Å². The van der Waals surface area contributed by atoms with Gasteiger partial charge in [0.2, 0.25) is 6.41 Å². The van der Waals surface area contributed by atoms with E-state index in [1.54, 1.807) is 6.92 Å². The molecule has 7 heteroatoms. The highest BCUT2D eigenvalue weighted by atomic mass is 16.6. The second-order valence-corrected chi connectivity index (χ2v) is 4.02. The highest BCUT2D eigenvalue weighted by Crippen LogP contribution is 2.23. The molecule has 1 aromatic carbocycles. The van der Waals surface area contributed by atoms with E-state index in [4.69, 9.17) is 5.11 Å². The van der Waals surface area contributed by atoms with Crippen molar-refractivity contribution in [2.45, 2.75) is 19.8 Å². The topological polar surface area (TPSA) is 101 Å². The monoisotopic (exact) mass is 266 g/mol. The van der Waals surface area contributed by atoms with E-state index < -0.39 is 10.9 Å². The number of hydrogen-bond acceptors (Lipinski definition) is 4. The number of benzene rings is 1. The summed E-state index contributed by atoms with van der Waals surface area (Å²) in [5, 5.41) is 19.2. The summed E-state index contributed by atoms with van der Waals surface area (Å²) in [6, 6.07) is 4.34. The summed E-state index contributed by atoms with van der Waals surface area (Å²) in [6.45, 7) is 1.84. The van der Waals surface area contributed by atoms with E-state index in [1.807, 2.05) is 0 Å². The molecule has 0 bridgehead atoms. The molecule has 0 aliphatic carbocycles. The molecule has 0 radical (unpaired) electrons. The molecule has 0 spiro atoms. The summed E-state index contributed by atoms with van der Waals surface area (Å²) in [4.78, 5) is 32.9. The number of carboxylic acids is 1. The Hall–Kier alpha value is -2.44. The molecule has 19 heavy (non-hydrogen) atoms. The largest absolute Gasteiger partial charge is 0.481 e. The smallest absolute Gasteiger partial charge is 0.303 e. The van der Waals surface area contributed by atoms with E-state index in [1.165, 1.54) is 23.1 Å². The predicted molar refractivity (Wildman–Crippen MR) is 68.1 cm³/mol. The molecule has 0 aliphatic rings. The molecule has 1 N–H and O–H groups in total. The Kier molecular flexibility index (Phi) is 4.99. The molecule has 0 saturated heterocycles. The zero-order chi connectivity index (χ0) is 14.4. The van der Waals surface area contributed by atoms with Crippen LogP contribution in [-0.4, -0.2) is 29.0 Å². The molecule has 0 unspecified atom stereocenters. The van der Waals surface area contributed by atoms with Crippen LogP contribution < -0.4 is 4.90 Å². The Labute approximate surface area is 109 Å². The summed E-state index contributed by atoms with van der Waals surface area (Å²) in [6.07, 6.45) is 0.878. The van der Waals surface area contributed by atoms with Crippen LogP contribution in [0.25, 0.3) is 0 Å². The van der Waals surface area contributed by atoms with Crippen LogP contribution in [0.5, 0.6) is 0 Å². The van der Waals surface area contributed by atoms with Gasteiger partial charge < -0.3 is 10.0 Å². The van der Waals surface area contributed by atoms with Gasteiger partial charge in [0.1, 0.15) is 0 Å². The van der Waals surface area contributed by atoms with Gasteiger partial charge in [-0.05, 0) is 25.5 Å². The van der Waals surface area contributed by atoms with Crippen molar-refractivity contribution < 1.29 is 19.6 Å². The zero-order valence-corrected chi connectivity index (χ0v) is 10.4. The number of carboxylic acid groups (broad SMARTS) is 1. The normalized spacial score (nSPS) is 9.95. The number of rotatable bonds is 7. The number of nitrogens with zero attached hydrogens (tertiary/aromatic N) is 2. The van der Waals surface area contributed by atoms with Gasteiger partial charge in [-0.25, -0.2) is 0 Å². The van der Waals surface area contributed by atoms with Crippen molar-refractivity contribution in [3.8, 4) is 0 Å². The first-order chi connectivity index (χ1) is 8.95. The first-order valence-electron chi connectivity index (χ1n) is 5.64. The molecule has 0 atom stereocenters. The number of amides is 1. The number of carbonyl (C=O) groups excluding carboxylic acids is 1. The van der Waals surface area contributed by atoms with Crippen LogP contribution in [0.4, 0.5) is 11.4 Å². The van der Waals surface area contributed by atoms with Crippen LogP contribution in [0.3, 0.4) is 0 Å². The summed E-state index contributed by atoms with van der Waals surface area (Å²) in [7, 11) is 0. The molecule has 0 heterocycles. The minimum absolute atomic E-state index is 0.0138. The van der Waals surface area contributed by atoms with Crippen LogP contribution in [0.2, 0.25) is 0 Å². The Balaban J connectivity index is 2.81. The summed E-state index contributed by atoms with van der Waals surface area (Å²) < 4.78 is 0. The molecule has 1 rings (SSSR count). The van der Waals surface area contributed by atoms with E-state index in [9.17, 15) is 19.7 Å². The van der Waals surface area contributed by atoms with E-state index in [0.717, 1.165) is 0 Å². The molecular weight excluding hydrogens is 252 g/mol. The average Bonchev–Trinajstić information content (AvgIpc) is 2.33. The minimum atomic E-state index is -0.925. The summed E-state index contributed by atoms with van der Waals surface area (Å²) in [5.74, 6) is -0.925. The lowest BCUT2D eigenvalue weighted by atomic mass is 10.1. The van der Waals surface area contributed by atoms with E-state index >= 15 is 0 Å². The first kappa shape index (κ1) is 14.6. The van der Waals surface area contributed by atoms with Gasteiger partial charge in [-0.1, -0.05) is 0 Å². The number of anilines is 1. The van der Waals surface area contributed by atoms with E-state index in [2.05, 4.69) is 0 Å². The third-order valence-electron chi connectivity index (χ3n) is 2.63. The minimum Gasteiger partial charge on any atom is -0.481 e. The Bertz CT molecular complexity index is 501. The van der Waals surface area contributed by atoms with Gasteiger partial charge in [0.05, 0.1) is 4.92 Å². The molecule has 0 aromatic heterocycles. The standard InChI is InChI=1S/C12H14N2O5/c1-9-7-10(4-5-11(9)14(18)19)13(8-15)6-2-3-12(16)17/h4-5,7-8H,2-3,6H2,1H3,(H,16,17). The molecule has 0 fully saturated rings. The fourth-order valence-corrected chi connectivity index (χ4v) is 1.67. The summed E-state index contributed by atoms with van der Waals surface area (Å²) >= 11 is 0. The van der Waals surface area contributed by atoms with E-state index in [-0.39, 0.29) is 18.7 Å². The fraction of sp³-hybridized carbons (Fsp3) is 0.333. The molecule has 1 aromatic rings. The van der Waals surface area contributed by atoms with Gasteiger partial charge in [0.25, 0.3) is 5.69 Å². The highest BCUT2D eigenvalue weighted by molar-refractivity contribution is 5.76. The maximum Gasteiger partial charge on any atom is 0.303 e. The second-order valence-electron chi connectivity index (χ2n) is 4.02. The van der Waals surface area contributed by atoms with Crippen molar-refractivity contribution in [1.82, 2.24) is 0 Å². The number of hydrogen-bond donors (Lipinski definition) is 1. The van der Waals surface area contributed by atoms with Gasteiger partial charge >= 0.3 is 5.97 Å².